The number of hydrogen-bond donors (Lipinski definition) is 2. The van der Waals surface area contributed by atoms with Gasteiger partial charge < -0.3 is 20.1 Å². The van der Waals surface area contributed by atoms with E-state index in [-0.39, 0.29) is 5.91 Å². The van der Waals surface area contributed by atoms with E-state index in [1.54, 1.807) is 33.4 Å². The summed E-state index contributed by atoms with van der Waals surface area (Å²) in [6.45, 7) is 0.989. The Bertz CT molecular complexity index is 380. The fourth-order valence-electron chi connectivity index (χ4n) is 1.41. The van der Waals surface area contributed by atoms with E-state index >= 15 is 0 Å². The summed E-state index contributed by atoms with van der Waals surface area (Å²) in [5, 5.41) is 5.74. The van der Waals surface area contributed by atoms with Crippen molar-refractivity contribution >= 4 is 11.6 Å². The van der Waals surface area contributed by atoms with Gasteiger partial charge in [-0.1, -0.05) is 0 Å². The minimum absolute atomic E-state index is 0.136. The van der Waals surface area contributed by atoms with Crippen molar-refractivity contribution in [3.8, 4) is 5.75 Å². The number of carbonyl (C=O) groups excluding carboxylic acids is 1. The van der Waals surface area contributed by atoms with Crippen molar-refractivity contribution in [2.45, 2.75) is 0 Å². The molecule has 0 saturated carbocycles. The molecule has 5 nitrogen and oxygen atoms in total. The Morgan fingerprint density at radius 1 is 1.35 bits per heavy atom. The number of carbonyl (C=O) groups is 1. The zero-order valence-corrected chi connectivity index (χ0v) is 10.4. The van der Waals surface area contributed by atoms with Gasteiger partial charge in [-0.15, -0.1) is 0 Å². The van der Waals surface area contributed by atoms with Gasteiger partial charge in [-0.25, -0.2) is 0 Å². The predicted molar refractivity (Wildman–Crippen MR) is 66.7 cm³/mol. The number of benzene rings is 1. The molecule has 1 amide bonds. The summed E-state index contributed by atoms with van der Waals surface area (Å²) in [7, 11) is 4.97. The van der Waals surface area contributed by atoms with Crippen molar-refractivity contribution in [2.24, 2.45) is 0 Å². The maximum Gasteiger partial charge on any atom is 0.251 e. The van der Waals surface area contributed by atoms with Crippen LogP contribution in [0.3, 0.4) is 0 Å². The van der Waals surface area contributed by atoms with Crippen LogP contribution in [0.1, 0.15) is 10.4 Å². The van der Waals surface area contributed by atoms with Gasteiger partial charge in [0.2, 0.25) is 0 Å². The van der Waals surface area contributed by atoms with Crippen LogP contribution in [0.4, 0.5) is 5.69 Å². The van der Waals surface area contributed by atoms with Crippen LogP contribution in [-0.4, -0.2) is 40.3 Å². The first-order chi connectivity index (χ1) is 8.22. The highest BCUT2D eigenvalue weighted by Crippen LogP contribution is 2.24. The van der Waals surface area contributed by atoms with Crippen LogP contribution in [0.25, 0.3) is 0 Å². The molecule has 0 atom stereocenters. The van der Waals surface area contributed by atoms with Gasteiger partial charge in [-0.3, -0.25) is 4.79 Å². The molecule has 0 spiro atoms. The largest absolute Gasteiger partial charge is 0.495 e. The molecule has 0 saturated heterocycles. The quantitative estimate of drug-likeness (QED) is 0.729. The molecule has 0 aliphatic rings. The average Bonchev–Trinajstić information content (AvgIpc) is 2.38. The van der Waals surface area contributed by atoms with Gasteiger partial charge in [0.1, 0.15) is 5.75 Å². The second-order valence-corrected chi connectivity index (χ2v) is 3.41. The molecule has 2 N–H and O–H groups in total. The molecule has 0 aliphatic carbocycles. The summed E-state index contributed by atoms with van der Waals surface area (Å²) in [6.07, 6.45) is 0. The lowest BCUT2D eigenvalue weighted by atomic mass is 10.1. The molecule has 0 aromatic heterocycles. The fraction of sp³-hybridized carbons (Fsp3) is 0.417. The molecule has 0 aliphatic heterocycles. The lowest BCUT2D eigenvalue weighted by molar-refractivity contribution is 0.0937. The van der Waals surface area contributed by atoms with Gasteiger partial charge in [0.05, 0.1) is 19.4 Å². The molecule has 0 unspecified atom stereocenters. The van der Waals surface area contributed by atoms with Crippen LogP contribution >= 0.6 is 0 Å². The Labute approximate surface area is 101 Å². The summed E-state index contributed by atoms with van der Waals surface area (Å²) >= 11 is 0. The van der Waals surface area contributed by atoms with Crippen molar-refractivity contribution in [2.75, 3.05) is 39.7 Å². The SMILES string of the molecule is CNc1ccc(C(=O)NCCOC)cc1OC. The van der Waals surface area contributed by atoms with Crippen LogP contribution in [0.2, 0.25) is 0 Å². The van der Waals surface area contributed by atoms with Gasteiger partial charge in [0, 0.05) is 26.3 Å². The molecule has 1 aromatic rings. The molecule has 5 heteroatoms. The first-order valence-electron chi connectivity index (χ1n) is 5.36. The third-order valence-corrected chi connectivity index (χ3v) is 2.32. The van der Waals surface area contributed by atoms with Crippen LogP contribution < -0.4 is 15.4 Å². The zero-order chi connectivity index (χ0) is 12.7. The number of ether oxygens (including phenoxy) is 2. The minimum Gasteiger partial charge on any atom is -0.495 e. The molecule has 0 heterocycles. The molecule has 1 rings (SSSR count). The molecular formula is C12H18N2O3. The smallest absolute Gasteiger partial charge is 0.251 e. The van der Waals surface area contributed by atoms with E-state index < -0.39 is 0 Å². The van der Waals surface area contributed by atoms with Crippen LogP contribution in [0, 0.1) is 0 Å². The summed E-state index contributed by atoms with van der Waals surface area (Å²) < 4.78 is 10.0. The van der Waals surface area contributed by atoms with E-state index in [9.17, 15) is 4.79 Å². The third kappa shape index (κ3) is 3.64. The Balaban J connectivity index is 2.74. The van der Waals surface area contributed by atoms with Crippen molar-refractivity contribution in [3.05, 3.63) is 23.8 Å². The number of methoxy groups -OCH3 is 2. The standard InChI is InChI=1S/C12H18N2O3/c1-13-10-5-4-9(8-11(10)17-3)12(15)14-6-7-16-2/h4-5,8,13H,6-7H2,1-3H3,(H,14,15). The van der Waals surface area contributed by atoms with E-state index in [4.69, 9.17) is 9.47 Å². The number of amides is 1. The molecule has 94 valence electrons. The maximum absolute atomic E-state index is 11.7. The first-order valence-corrected chi connectivity index (χ1v) is 5.36. The fourth-order valence-corrected chi connectivity index (χ4v) is 1.41. The van der Waals surface area contributed by atoms with Crippen molar-refractivity contribution in [1.29, 1.82) is 0 Å². The Kier molecular flexibility index (Phi) is 5.29. The summed E-state index contributed by atoms with van der Waals surface area (Å²) in [4.78, 5) is 11.7. The van der Waals surface area contributed by atoms with Crippen LogP contribution in [0.5, 0.6) is 5.75 Å². The monoisotopic (exact) mass is 238 g/mol. The molecule has 0 radical (unpaired) electrons. The lowest BCUT2D eigenvalue weighted by Crippen LogP contribution is -2.26. The van der Waals surface area contributed by atoms with E-state index in [2.05, 4.69) is 10.6 Å². The van der Waals surface area contributed by atoms with E-state index in [0.717, 1.165) is 5.69 Å². The molecule has 0 fully saturated rings. The molecular weight excluding hydrogens is 220 g/mol. The van der Waals surface area contributed by atoms with Gasteiger partial charge in [-0.05, 0) is 18.2 Å². The number of nitrogens with one attached hydrogen (secondary N) is 2. The topological polar surface area (TPSA) is 59.6 Å². The maximum atomic E-state index is 11.7. The predicted octanol–water partition coefficient (Wildman–Crippen LogP) is 1.11. The highest BCUT2D eigenvalue weighted by atomic mass is 16.5. The van der Waals surface area contributed by atoms with Crippen LogP contribution in [0.15, 0.2) is 18.2 Å². The molecule has 1 aromatic carbocycles. The second-order valence-electron chi connectivity index (χ2n) is 3.41. The van der Waals surface area contributed by atoms with Crippen molar-refractivity contribution < 1.29 is 14.3 Å². The highest BCUT2D eigenvalue weighted by Gasteiger charge is 2.08. The Hall–Kier alpha value is -1.75. The summed E-state index contributed by atoms with van der Waals surface area (Å²) in [5.41, 5.74) is 1.41. The van der Waals surface area contributed by atoms with Crippen LogP contribution in [-0.2, 0) is 4.74 Å². The van der Waals surface area contributed by atoms with Crippen molar-refractivity contribution in [3.63, 3.8) is 0 Å². The zero-order valence-electron chi connectivity index (χ0n) is 10.4. The summed E-state index contributed by atoms with van der Waals surface area (Å²) in [6, 6.07) is 5.26. The number of rotatable bonds is 6. The van der Waals surface area contributed by atoms with Crippen molar-refractivity contribution in [1.82, 2.24) is 5.32 Å². The van der Waals surface area contributed by atoms with Gasteiger partial charge >= 0.3 is 0 Å². The number of anilines is 1. The number of hydrogen-bond acceptors (Lipinski definition) is 4. The van der Waals surface area contributed by atoms with Gasteiger partial charge in [0.25, 0.3) is 5.91 Å². The second kappa shape index (κ2) is 6.75. The summed E-state index contributed by atoms with van der Waals surface area (Å²) in [5.74, 6) is 0.509. The normalized spacial score (nSPS) is 9.82. The minimum atomic E-state index is -0.136. The Morgan fingerprint density at radius 2 is 2.12 bits per heavy atom. The first kappa shape index (κ1) is 13.3. The third-order valence-electron chi connectivity index (χ3n) is 2.32. The highest BCUT2D eigenvalue weighted by molar-refractivity contribution is 5.95. The molecule has 17 heavy (non-hydrogen) atoms. The van der Waals surface area contributed by atoms with Gasteiger partial charge in [-0.2, -0.15) is 0 Å². The Morgan fingerprint density at radius 3 is 2.71 bits per heavy atom. The van der Waals surface area contributed by atoms with Gasteiger partial charge in [0.15, 0.2) is 0 Å². The lowest BCUT2D eigenvalue weighted by Gasteiger charge is -2.10. The molecule has 0 bridgehead atoms. The van der Waals surface area contributed by atoms with E-state index in [0.29, 0.717) is 24.5 Å². The van der Waals surface area contributed by atoms with E-state index in [1.165, 1.54) is 0 Å². The van der Waals surface area contributed by atoms with E-state index in [1.807, 2.05) is 6.07 Å². The average molecular weight is 238 g/mol.